The molecule has 0 unspecified atom stereocenters. The second-order valence-electron chi connectivity index (χ2n) is 5.13. The zero-order valence-electron chi connectivity index (χ0n) is 12.2. The number of fused-ring (bicyclic) bond motifs is 3. The smallest absolute Gasteiger partial charge is 0.294 e. The number of thioether (sulfide) groups is 1. The predicted molar refractivity (Wildman–Crippen MR) is 98.2 cm³/mol. The quantitative estimate of drug-likeness (QED) is 0.494. The Labute approximate surface area is 150 Å². The molecule has 0 aliphatic carbocycles. The molecule has 2 aromatic carbocycles. The average molecular weight is 377 g/mol. The molecule has 0 amide bonds. The van der Waals surface area contributed by atoms with E-state index in [1.54, 1.807) is 18.2 Å². The predicted octanol–water partition coefficient (Wildman–Crippen LogP) is 5.27. The number of hydrogen-bond acceptors (Lipinski definition) is 4. The Hall–Kier alpha value is -1.95. The van der Waals surface area contributed by atoms with Crippen LogP contribution in [-0.4, -0.2) is 9.97 Å². The van der Waals surface area contributed by atoms with Gasteiger partial charge >= 0.3 is 0 Å². The third-order valence-corrected chi connectivity index (χ3v) is 5.55. The highest BCUT2D eigenvalue weighted by atomic mass is 35.5. The summed E-state index contributed by atoms with van der Waals surface area (Å²) in [5.74, 6) is 0.980. The van der Waals surface area contributed by atoms with Gasteiger partial charge < -0.3 is 9.40 Å². The highest BCUT2D eigenvalue weighted by Crippen LogP contribution is 2.35. The van der Waals surface area contributed by atoms with Gasteiger partial charge in [-0.3, -0.25) is 4.79 Å². The summed E-state index contributed by atoms with van der Waals surface area (Å²) < 4.78 is 5.58. The molecule has 4 rings (SSSR count). The number of aromatic nitrogens is 2. The van der Waals surface area contributed by atoms with Crippen molar-refractivity contribution in [2.75, 3.05) is 0 Å². The van der Waals surface area contributed by atoms with Crippen molar-refractivity contribution in [1.82, 2.24) is 9.97 Å². The zero-order chi connectivity index (χ0) is 16.7. The Bertz CT molecular complexity index is 1100. The average Bonchev–Trinajstić information content (AvgIpc) is 2.94. The van der Waals surface area contributed by atoms with E-state index in [1.165, 1.54) is 11.8 Å². The van der Waals surface area contributed by atoms with Crippen molar-refractivity contribution in [1.29, 1.82) is 0 Å². The molecular formula is C17H10Cl2N2O2S. The fraction of sp³-hybridized carbons (Fsp3) is 0.0588. The number of para-hydroxylation sites is 1. The number of hydrogen-bond donors (Lipinski definition) is 1. The maximum absolute atomic E-state index is 12.3. The van der Waals surface area contributed by atoms with E-state index in [1.807, 2.05) is 24.3 Å². The topological polar surface area (TPSA) is 58.9 Å². The number of aromatic amines is 1. The normalized spacial score (nSPS) is 11.4. The van der Waals surface area contributed by atoms with Crippen LogP contribution in [0.1, 0.15) is 5.82 Å². The molecule has 4 nitrogen and oxygen atoms in total. The largest absolute Gasteiger partial charge is 0.449 e. The van der Waals surface area contributed by atoms with Gasteiger partial charge in [-0.2, -0.15) is 0 Å². The van der Waals surface area contributed by atoms with E-state index in [9.17, 15) is 4.79 Å². The first kappa shape index (κ1) is 15.6. The van der Waals surface area contributed by atoms with Crippen LogP contribution in [0.3, 0.4) is 0 Å². The minimum Gasteiger partial charge on any atom is -0.449 e. The first-order chi connectivity index (χ1) is 11.6. The van der Waals surface area contributed by atoms with E-state index in [4.69, 9.17) is 27.6 Å². The van der Waals surface area contributed by atoms with Crippen molar-refractivity contribution < 1.29 is 4.42 Å². The number of benzene rings is 2. The molecule has 2 aromatic heterocycles. The van der Waals surface area contributed by atoms with Gasteiger partial charge in [-0.25, -0.2) is 4.98 Å². The third kappa shape index (κ3) is 2.69. The van der Waals surface area contributed by atoms with E-state index in [0.717, 1.165) is 10.3 Å². The molecule has 0 saturated heterocycles. The second kappa shape index (κ2) is 6.16. The van der Waals surface area contributed by atoms with Gasteiger partial charge in [-0.15, -0.1) is 11.8 Å². The molecule has 24 heavy (non-hydrogen) atoms. The molecule has 1 N–H and O–H groups in total. The van der Waals surface area contributed by atoms with Crippen molar-refractivity contribution in [2.45, 2.75) is 10.6 Å². The molecule has 120 valence electrons. The van der Waals surface area contributed by atoms with Crippen LogP contribution >= 0.6 is 35.0 Å². The van der Waals surface area contributed by atoms with Gasteiger partial charge in [-0.1, -0.05) is 41.4 Å². The van der Waals surface area contributed by atoms with E-state index < -0.39 is 0 Å². The lowest BCUT2D eigenvalue weighted by Gasteiger charge is -2.06. The number of nitrogens with one attached hydrogen (secondary N) is 1. The van der Waals surface area contributed by atoms with Crippen LogP contribution in [0, 0.1) is 0 Å². The van der Waals surface area contributed by atoms with Crippen LogP contribution in [0.5, 0.6) is 0 Å². The summed E-state index contributed by atoms with van der Waals surface area (Å²) in [6.45, 7) is 0. The van der Waals surface area contributed by atoms with Crippen LogP contribution < -0.4 is 5.56 Å². The number of furan rings is 1. The Kier molecular flexibility index (Phi) is 4.00. The van der Waals surface area contributed by atoms with Crippen molar-refractivity contribution >= 4 is 57.0 Å². The fourth-order valence-electron chi connectivity index (χ4n) is 2.48. The zero-order valence-corrected chi connectivity index (χ0v) is 14.5. The molecule has 0 aliphatic rings. The Morgan fingerprint density at radius 1 is 1.08 bits per heavy atom. The molecule has 4 aromatic rings. The highest BCUT2D eigenvalue weighted by molar-refractivity contribution is 7.98. The summed E-state index contributed by atoms with van der Waals surface area (Å²) in [7, 11) is 0. The SMILES string of the molecule is O=c1[nH]c(CSc2c(Cl)cccc2Cl)nc2c1oc1ccccc12. The summed E-state index contributed by atoms with van der Waals surface area (Å²) in [4.78, 5) is 20.3. The van der Waals surface area contributed by atoms with E-state index in [-0.39, 0.29) is 11.1 Å². The minimum absolute atomic E-state index is 0.237. The van der Waals surface area contributed by atoms with Crippen LogP contribution in [0.4, 0.5) is 0 Å². The van der Waals surface area contributed by atoms with E-state index in [0.29, 0.717) is 32.7 Å². The van der Waals surface area contributed by atoms with Gasteiger partial charge in [0.2, 0.25) is 5.58 Å². The first-order valence-corrected chi connectivity index (χ1v) is 8.85. The van der Waals surface area contributed by atoms with Gasteiger partial charge in [0.15, 0.2) is 0 Å². The van der Waals surface area contributed by atoms with Crippen molar-refractivity contribution in [3.8, 4) is 0 Å². The van der Waals surface area contributed by atoms with Gasteiger partial charge in [0, 0.05) is 10.3 Å². The maximum atomic E-state index is 12.3. The van der Waals surface area contributed by atoms with Crippen molar-refractivity contribution in [3.63, 3.8) is 0 Å². The second-order valence-corrected chi connectivity index (χ2v) is 6.93. The van der Waals surface area contributed by atoms with Crippen LogP contribution in [0.25, 0.3) is 22.1 Å². The molecule has 0 aliphatic heterocycles. The molecule has 2 heterocycles. The molecule has 0 saturated carbocycles. The minimum atomic E-state index is -0.294. The molecule has 0 fully saturated rings. The summed E-state index contributed by atoms with van der Waals surface area (Å²) in [6.07, 6.45) is 0. The molecule has 0 spiro atoms. The lowest BCUT2D eigenvalue weighted by atomic mass is 10.2. The van der Waals surface area contributed by atoms with Crippen LogP contribution in [0.15, 0.2) is 56.6 Å². The Morgan fingerprint density at radius 2 is 1.83 bits per heavy atom. The van der Waals surface area contributed by atoms with Gasteiger partial charge in [0.25, 0.3) is 5.56 Å². The molecule has 0 atom stereocenters. The Morgan fingerprint density at radius 3 is 2.62 bits per heavy atom. The van der Waals surface area contributed by atoms with E-state index in [2.05, 4.69) is 9.97 Å². The van der Waals surface area contributed by atoms with Gasteiger partial charge in [-0.05, 0) is 24.3 Å². The first-order valence-electron chi connectivity index (χ1n) is 7.11. The summed E-state index contributed by atoms with van der Waals surface area (Å²) >= 11 is 13.8. The van der Waals surface area contributed by atoms with Crippen molar-refractivity contribution in [3.05, 3.63) is 68.7 Å². The maximum Gasteiger partial charge on any atom is 0.294 e. The Balaban J connectivity index is 1.75. The molecule has 0 radical (unpaired) electrons. The van der Waals surface area contributed by atoms with Gasteiger partial charge in [0.05, 0.1) is 15.8 Å². The summed E-state index contributed by atoms with van der Waals surface area (Å²) in [5.41, 5.74) is 1.15. The van der Waals surface area contributed by atoms with Crippen LogP contribution in [-0.2, 0) is 5.75 Å². The lowest BCUT2D eigenvalue weighted by molar-refractivity contribution is 0.660. The highest BCUT2D eigenvalue weighted by Gasteiger charge is 2.14. The number of halogens is 2. The monoisotopic (exact) mass is 376 g/mol. The lowest BCUT2D eigenvalue weighted by Crippen LogP contribution is -2.10. The number of rotatable bonds is 3. The van der Waals surface area contributed by atoms with Crippen LogP contribution in [0.2, 0.25) is 10.0 Å². The third-order valence-electron chi connectivity index (χ3n) is 3.55. The van der Waals surface area contributed by atoms with E-state index >= 15 is 0 Å². The molecule has 7 heteroatoms. The molecule has 0 bridgehead atoms. The van der Waals surface area contributed by atoms with Gasteiger partial charge in [0.1, 0.15) is 16.9 Å². The summed E-state index contributed by atoms with van der Waals surface area (Å²) in [5, 5.41) is 1.97. The molecular weight excluding hydrogens is 367 g/mol. The number of nitrogens with zero attached hydrogens (tertiary/aromatic N) is 1. The fourth-order valence-corrected chi connectivity index (χ4v) is 4.03. The van der Waals surface area contributed by atoms with Crippen molar-refractivity contribution in [2.24, 2.45) is 0 Å². The number of H-pyrrole nitrogens is 1. The summed E-state index contributed by atoms with van der Waals surface area (Å²) in [6, 6.07) is 12.8. The standard InChI is InChI=1S/C17H10Cl2N2O2S/c18-10-5-3-6-11(19)16(10)24-8-13-20-14-9-4-1-2-7-12(9)23-15(14)17(22)21-13/h1-7H,8H2,(H,20,21,22).